The van der Waals surface area contributed by atoms with Crippen LogP contribution in [0.15, 0.2) is 29.1 Å². The van der Waals surface area contributed by atoms with E-state index < -0.39 is 6.10 Å². The van der Waals surface area contributed by atoms with E-state index in [1.54, 1.807) is 0 Å². The fourth-order valence-corrected chi connectivity index (χ4v) is 2.24. The molecule has 1 aromatic heterocycles. The number of benzene rings is 1. The molecule has 1 heterocycles. The van der Waals surface area contributed by atoms with E-state index in [4.69, 9.17) is 4.74 Å². The van der Waals surface area contributed by atoms with Crippen LogP contribution in [0.3, 0.4) is 0 Å². The van der Waals surface area contributed by atoms with Crippen LogP contribution in [0.2, 0.25) is 0 Å². The van der Waals surface area contributed by atoms with Crippen LogP contribution in [0, 0.1) is 6.92 Å². The lowest BCUT2D eigenvalue weighted by Crippen LogP contribution is -2.32. The van der Waals surface area contributed by atoms with Crippen molar-refractivity contribution in [1.82, 2.24) is 10.3 Å². The smallest absolute Gasteiger partial charge is 0.252 e. The van der Waals surface area contributed by atoms with Crippen molar-refractivity contribution in [2.75, 3.05) is 13.2 Å². The lowest BCUT2D eigenvalue weighted by molar-refractivity contribution is 0.00629. The van der Waals surface area contributed by atoms with Crippen molar-refractivity contribution in [1.29, 1.82) is 0 Å². The van der Waals surface area contributed by atoms with Crippen LogP contribution >= 0.6 is 0 Å². The predicted octanol–water partition coefficient (Wildman–Crippen LogP) is 1.71. The van der Waals surface area contributed by atoms with E-state index in [0.717, 1.165) is 16.5 Å². The summed E-state index contributed by atoms with van der Waals surface area (Å²) in [6.07, 6.45) is -0.481. The van der Waals surface area contributed by atoms with Gasteiger partial charge in [0.05, 0.1) is 18.8 Å². The number of aliphatic hydroxyl groups excluding tert-OH is 1. The van der Waals surface area contributed by atoms with Crippen LogP contribution in [0.1, 0.15) is 25.0 Å². The third-order valence-corrected chi connectivity index (χ3v) is 3.39. The van der Waals surface area contributed by atoms with Crippen molar-refractivity contribution in [2.24, 2.45) is 0 Å². The van der Waals surface area contributed by atoms with Gasteiger partial charge in [-0.25, -0.2) is 0 Å². The van der Waals surface area contributed by atoms with E-state index in [1.807, 2.05) is 45.0 Å². The molecule has 5 heteroatoms. The number of rotatable bonds is 7. The molecule has 0 amide bonds. The van der Waals surface area contributed by atoms with Crippen LogP contribution in [-0.4, -0.2) is 35.5 Å². The third-order valence-electron chi connectivity index (χ3n) is 3.39. The van der Waals surface area contributed by atoms with Crippen molar-refractivity contribution in [3.63, 3.8) is 0 Å². The normalized spacial score (nSPS) is 13.0. The Morgan fingerprint density at radius 2 is 2.09 bits per heavy atom. The number of aryl methyl sites for hydroxylation is 1. The summed E-state index contributed by atoms with van der Waals surface area (Å²) in [6, 6.07) is 7.82. The average molecular weight is 304 g/mol. The van der Waals surface area contributed by atoms with E-state index in [0.29, 0.717) is 18.7 Å². The first-order valence-electron chi connectivity index (χ1n) is 7.58. The van der Waals surface area contributed by atoms with Gasteiger partial charge >= 0.3 is 0 Å². The molecule has 2 rings (SSSR count). The Hall–Kier alpha value is -1.69. The molecule has 0 fully saturated rings. The number of ether oxygens (including phenoxy) is 1. The van der Waals surface area contributed by atoms with Crippen molar-refractivity contribution in [3.8, 4) is 0 Å². The quantitative estimate of drug-likeness (QED) is 0.728. The summed E-state index contributed by atoms with van der Waals surface area (Å²) < 4.78 is 5.34. The van der Waals surface area contributed by atoms with Gasteiger partial charge in [-0.15, -0.1) is 0 Å². The van der Waals surface area contributed by atoms with Gasteiger partial charge in [0.2, 0.25) is 0 Å². The zero-order valence-corrected chi connectivity index (χ0v) is 13.3. The molecule has 1 atom stereocenters. The second-order valence-electron chi connectivity index (χ2n) is 5.88. The Bertz CT molecular complexity index is 679. The Kier molecular flexibility index (Phi) is 5.71. The summed E-state index contributed by atoms with van der Waals surface area (Å²) >= 11 is 0. The summed E-state index contributed by atoms with van der Waals surface area (Å²) in [6.45, 7) is 6.97. The molecular weight excluding hydrogens is 280 g/mol. The number of H-pyrrole nitrogens is 1. The van der Waals surface area contributed by atoms with Gasteiger partial charge in [0.25, 0.3) is 5.56 Å². The Morgan fingerprint density at radius 1 is 1.32 bits per heavy atom. The monoisotopic (exact) mass is 304 g/mol. The second-order valence-corrected chi connectivity index (χ2v) is 5.88. The Labute approximate surface area is 130 Å². The van der Waals surface area contributed by atoms with E-state index in [9.17, 15) is 9.90 Å². The number of nitrogens with one attached hydrogen (secondary N) is 2. The average Bonchev–Trinajstić information content (AvgIpc) is 2.46. The van der Waals surface area contributed by atoms with Crippen LogP contribution < -0.4 is 10.9 Å². The zero-order chi connectivity index (χ0) is 16.1. The first-order chi connectivity index (χ1) is 10.5. The van der Waals surface area contributed by atoms with E-state index in [-0.39, 0.29) is 18.3 Å². The molecule has 1 unspecified atom stereocenters. The van der Waals surface area contributed by atoms with Crippen molar-refractivity contribution < 1.29 is 9.84 Å². The minimum absolute atomic E-state index is 0.0984. The second kappa shape index (κ2) is 7.54. The van der Waals surface area contributed by atoms with Gasteiger partial charge in [0, 0.05) is 24.2 Å². The Balaban J connectivity index is 1.96. The highest BCUT2D eigenvalue weighted by Crippen LogP contribution is 2.13. The molecule has 120 valence electrons. The standard InChI is InChI=1S/C17H24N2O3/c1-11(2)22-10-15(20)9-18-8-14-7-13-6-12(3)4-5-16(13)19-17(14)21/h4-7,11,15,18,20H,8-10H2,1-3H3,(H,19,21). The molecule has 5 nitrogen and oxygen atoms in total. The van der Waals surface area contributed by atoms with Crippen LogP contribution in [0.5, 0.6) is 0 Å². The minimum atomic E-state index is -0.579. The molecule has 0 aliphatic carbocycles. The van der Waals surface area contributed by atoms with Crippen LogP contribution in [-0.2, 0) is 11.3 Å². The fraction of sp³-hybridized carbons (Fsp3) is 0.471. The summed E-state index contributed by atoms with van der Waals surface area (Å²) in [5.41, 5.74) is 2.55. The van der Waals surface area contributed by atoms with Crippen molar-refractivity contribution in [3.05, 3.63) is 45.7 Å². The summed E-state index contributed by atoms with van der Waals surface area (Å²) in [7, 11) is 0. The van der Waals surface area contributed by atoms with Crippen LogP contribution in [0.4, 0.5) is 0 Å². The molecule has 0 radical (unpaired) electrons. The molecule has 0 aliphatic rings. The number of aromatic nitrogens is 1. The number of aromatic amines is 1. The fourth-order valence-electron chi connectivity index (χ4n) is 2.24. The van der Waals surface area contributed by atoms with Crippen molar-refractivity contribution in [2.45, 2.75) is 39.5 Å². The van der Waals surface area contributed by atoms with E-state index in [2.05, 4.69) is 10.3 Å². The topological polar surface area (TPSA) is 74.4 Å². The molecule has 2 aromatic rings. The highest BCUT2D eigenvalue weighted by molar-refractivity contribution is 5.79. The third kappa shape index (κ3) is 4.66. The molecule has 0 saturated carbocycles. The molecule has 0 aliphatic heterocycles. The van der Waals surface area contributed by atoms with Gasteiger partial charge in [-0.05, 0) is 44.4 Å². The highest BCUT2D eigenvalue weighted by Gasteiger charge is 2.07. The molecule has 0 bridgehead atoms. The van der Waals surface area contributed by atoms with Gasteiger partial charge < -0.3 is 20.1 Å². The first kappa shape index (κ1) is 16.7. The van der Waals surface area contributed by atoms with E-state index in [1.165, 1.54) is 0 Å². The number of aliphatic hydroxyl groups is 1. The largest absolute Gasteiger partial charge is 0.389 e. The molecule has 1 aromatic carbocycles. The molecule has 22 heavy (non-hydrogen) atoms. The van der Waals surface area contributed by atoms with Crippen molar-refractivity contribution >= 4 is 10.9 Å². The van der Waals surface area contributed by atoms with Gasteiger partial charge in [-0.2, -0.15) is 0 Å². The van der Waals surface area contributed by atoms with Crippen LogP contribution in [0.25, 0.3) is 10.9 Å². The molecular formula is C17H24N2O3. The SMILES string of the molecule is Cc1ccc2[nH]c(=O)c(CNCC(O)COC(C)C)cc2c1. The maximum Gasteiger partial charge on any atom is 0.252 e. The number of pyridine rings is 1. The predicted molar refractivity (Wildman–Crippen MR) is 88.1 cm³/mol. The number of hydrogen-bond acceptors (Lipinski definition) is 4. The summed E-state index contributed by atoms with van der Waals surface area (Å²) in [4.78, 5) is 14.9. The highest BCUT2D eigenvalue weighted by atomic mass is 16.5. The molecule has 0 spiro atoms. The first-order valence-corrected chi connectivity index (χ1v) is 7.58. The maximum absolute atomic E-state index is 12.0. The Morgan fingerprint density at radius 3 is 2.82 bits per heavy atom. The lowest BCUT2D eigenvalue weighted by Gasteiger charge is -2.14. The zero-order valence-electron chi connectivity index (χ0n) is 13.3. The van der Waals surface area contributed by atoms with Gasteiger partial charge in [0.15, 0.2) is 0 Å². The summed E-state index contributed by atoms with van der Waals surface area (Å²) in [5.74, 6) is 0. The summed E-state index contributed by atoms with van der Waals surface area (Å²) in [5, 5.41) is 13.9. The molecule has 3 N–H and O–H groups in total. The van der Waals surface area contributed by atoms with Gasteiger partial charge in [0.1, 0.15) is 0 Å². The maximum atomic E-state index is 12.0. The lowest BCUT2D eigenvalue weighted by atomic mass is 10.1. The number of hydrogen-bond donors (Lipinski definition) is 3. The van der Waals surface area contributed by atoms with E-state index >= 15 is 0 Å². The number of fused-ring (bicyclic) bond motifs is 1. The minimum Gasteiger partial charge on any atom is -0.389 e. The molecule has 0 saturated heterocycles. The van der Waals surface area contributed by atoms with Gasteiger partial charge in [-0.3, -0.25) is 4.79 Å². The van der Waals surface area contributed by atoms with Gasteiger partial charge in [-0.1, -0.05) is 11.6 Å².